The monoisotopic (exact) mass is 390 g/mol. The molecule has 2 aromatic rings. The van der Waals surface area contributed by atoms with Crippen LogP contribution in [0.5, 0.6) is 17.2 Å². The Bertz CT molecular complexity index is 912. The smallest absolute Gasteiger partial charge is 0.335 e. The van der Waals surface area contributed by atoms with Gasteiger partial charge in [0.05, 0.1) is 16.6 Å². The van der Waals surface area contributed by atoms with Gasteiger partial charge < -0.3 is 14.6 Å². The van der Waals surface area contributed by atoms with Crippen molar-refractivity contribution < 1.29 is 27.8 Å². The Kier molecular flexibility index (Phi) is 5.70. The summed E-state index contributed by atoms with van der Waals surface area (Å²) in [4.78, 5) is 11.6. The highest BCUT2D eigenvalue weighted by Gasteiger charge is 2.17. The van der Waals surface area contributed by atoms with Crippen LogP contribution in [0.1, 0.15) is 42.5 Å². The number of ether oxygens (including phenoxy) is 2. The first-order valence-corrected chi connectivity index (χ1v) is 10.7. The summed E-state index contributed by atoms with van der Waals surface area (Å²) in [5, 5.41) is 9.35. The van der Waals surface area contributed by atoms with Crippen LogP contribution in [0.2, 0.25) is 0 Å². The van der Waals surface area contributed by atoms with Gasteiger partial charge in [0.15, 0.2) is 9.84 Å². The summed E-state index contributed by atoms with van der Waals surface area (Å²) < 4.78 is 34.8. The average Bonchev–Trinajstić information content (AvgIpc) is 2.62. The zero-order chi connectivity index (χ0) is 19.4. The normalized spacial score (nSPS) is 15.3. The number of carboxylic acids is 1. The summed E-state index contributed by atoms with van der Waals surface area (Å²) in [7, 11) is -3.29. The molecule has 0 aromatic heterocycles. The Balaban J connectivity index is 1.82. The molecule has 0 unspecified atom stereocenters. The molecular weight excluding hydrogens is 368 g/mol. The number of benzene rings is 2. The molecule has 7 heteroatoms. The molecule has 144 valence electrons. The molecule has 0 aliphatic heterocycles. The second kappa shape index (κ2) is 8.00. The molecule has 1 aliphatic rings. The van der Waals surface area contributed by atoms with Gasteiger partial charge in [0.25, 0.3) is 0 Å². The van der Waals surface area contributed by atoms with E-state index in [2.05, 4.69) is 0 Å². The molecule has 3 rings (SSSR count). The summed E-state index contributed by atoms with van der Waals surface area (Å²) in [6.07, 6.45) is 6.56. The van der Waals surface area contributed by atoms with Crippen molar-refractivity contribution in [3.8, 4) is 17.2 Å². The lowest BCUT2D eigenvalue weighted by molar-refractivity contribution is 0.0695. The van der Waals surface area contributed by atoms with Crippen molar-refractivity contribution in [2.75, 3.05) is 6.26 Å². The van der Waals surface area contributed by atoms with Crippen LogP contribution in [-0.4, -0.2) is 31.9 Å². The molecule has 0 heterocycles. The van der Waals surface area contributed by atoms with Gasteiger partial charge in [0, 0.05) is 12.3 Å². The third-order valence-electron chi connectivity index (χ3n) is 4.47. The lowest BCUT2D eigenvalue weighted by atomic mass is 9.98. The Labute approximate surface area is 158 Å². The summed E-state index contributed by atoms with van der Waals surface area (Å²) in [6.45, 7) is 0. The molecule has 0 radical (unpaired) electrons. The van der Waals surface area contributed by atoms with Crippen molar-refractivity contribution >= 4 is 15.8 Å². The van der Waals surface area contributed by atoms with Crippen molar-refractivity contribution in [2.45, 2.75) is 43.1 Å². The molecule has 0 saturated heterocycles. The maximum atomic E-state index is 11.5. The van der Waals surface area contributed by atoms with Crippen LogP contribution < -0.4 is 9.47 Å². The van der Waals surface area contributed by atoms with E-state index in [-0.39, 0.29) is 16.6 Å². The van der Waals surface area contributed by atoms with Crippen molar-refractivity contribution in [2.24, 2.45) is 0 Å². The second-order valence-corrected chi connectivity index (χ2v) is 8.74. The molecule has 1 N–H and O–H groups in total. The number of carboxylic acid groups (broad SMARTS) is 1. The van der Waals surface area contributed by atoms with E-state index in [1.807, 2.05) is 0 Å². The molecule has 0 bridgehead atoms. The lowest BCUT2D eigenvalue weighted by Gasteiger charge is -2.23. The predicted octanol–water partition coefficient (Wildman–Crippen LogP) is 4.29. The first-order valence-electron chi connectivity index (χ1n) is 8.84. The van der Waals surface area contributed by atoms with Gasteiger partial charge in [0.1, 0.15) is 17.2 Å². The molecule has 1 aliphatic carbocycles. The molecule has 27 heavy (non-hydrogen) atoms. The number of carbonyl (C=O) groups is 1. The van der Waals surface area contributed by atoms with Crippen molar-refractivity contribution in [1.29, 1.82) is 0 Å². The number of hydrogen-bond acceptors (Lipinski definition) is 5. The minimum absolute atomic E-state index is 0.0751. The minimum Gasteiger partial charge on any atom is -0.490 e. The molecule has 0 amide bonds. The van der Waals surface area contributed by atoms with Crippen LogP contribution in [0, 0.1) is 0 Å². The Morgan fingerprint density at radius 2 is 1.59 bits per heavy atom. The third-order valence-corrected chi connectivity index (χ3v) is 5.60. The largest absolute Gasteiger partial charge is 0.490 e. The number of sulfone groups is 1. The van der Waals surface area contributed by atoms with Gasteiger partial charge in [-0.1, -0.05) is 6.42 Å². The lowest BCUT2D eigenvalue weighted by Crippen LogP contribution is -2.19. The zero-order valence-electron chi connectivity index (χ0n) is 15.1. The SMILES string of the molecule is CS(=O)(=O)c1ccc(Oc2cc(OC3CCCCC3)cc(C(=O)O)c2)cc1. The average molecular weight is 390 g/mol. The van der Waals surface area contributed by atoms with Gasteiger partial charge in [-0.25, -0.2) is 13.2 Å². The van der Waals surface area contributed by atoms with E-state index in [1.54, 1.807) is 6.07 Å². The quantitative estimate of drug-likeness (QED) is 0.791. The zero-order valence-corrected chi connectivity index (χ0v) is 15.9. The van der Waals surface area contributed by atoms with Gasteiger partial charge in [0.2, 0.25) is 0 Å². The van der Waals surface area contributed by atoms with Crippen molar-refractivity contribution in [1.82, 2.24) is 0 Å². The Morgan fingerprint density at radius 3 is 2.19 bits per heavy atom. The number of hydrogen-bond donors (Lipinski definition) is 1. The van der Waals surface area contributed by atoms with E-state index in [9.17, 15) is 18.3 Å². The van der Waals surface area contributed by atoms with Crippen LogP contribution in [0.4, 0.5) is 0 Å². The van der Waals surface area contributed by atoms with E-state index < -0.39 is 15.8 Å². The fourth-order valence-electron chi connectivity index (χ4n) is 3.09. The van der Waals surface area contributed by atoms with Gasteiger partial charge in [-0.2, -0.15) is 0 Å². The highest BCUT2D eigenvalue weighted by atomic mass is 32.2. The maximum absolute atomic E-state index is 11.5. The van der Waals surface area contributed by atoms with Crippen molar-refractivity contribution in [3.63, 3.8) is 0 Å². The van der Waals surface area contributed by atoms with Crippen LogP contribution in [-0.2, 0) is 9.84 Å². The van der Waals surface area contributed by atoms with E-state index in [4.69, 9.17) is 9.47 Å². The molecule has 2 aromatic carbocycles. The molecule has 6 nitrogen and oxygen atoms in total. The van der Waals surface area contributed by atoms with E-state index in [0.29, 0.717) is 17.2 Å². The summed E-state index contributed by atoms with van der Waals surface area (Å²) in [5.74, 6) is 0.132. The highest BCUT2D eigenvalue weighted by molar-refractivity contribution is 7.90. The van der Waals surface area contributed by atoms with E-state index >= 15 is 0 Å². The fourth-order valence-corrected chi connectivity index (χ4v) is 3.72. The van der Waals surface area contributed by atoms with Crippen molar-refractivity contribution in [3.05, 3.63) is 48.0 Å². The Morgan fingerprint density at radius 1 is 0.963 bits per heavy atom. The standard InChI is InChI=1S/C20H22O6S/c1-27(23,24)19-9-7-16(8-10-19)26-18-12-14(20(21)22)11-17(13-18)25-15-5-3-2-4-6-15/h7-13,15H,2-6H2,1H3,(H,21,22). The third kappa shape index (κ3) is 5.23. The van der Waals surface area contributed by atoms with Crippen LogP contribution >= 0.6 is 0 Å². The van der Waals surface area contributed by atoms with Gasteiger partial charge in [-0.15, -0.1) is 0 Å². The molecular formula is C20H22O6S. The van der Waals surface area contributed by atoms with Crippen LogP contribution in [0.3, 0.4) is 0 Å². The minimum atomic E-state index is -3.29. The molecule has 1 saturated carbocycles. The summed E-state index contributed by atoms with van der Waals surface area (Å²) in [6, 6.07) is 10.5. The number of aromatic carboxylic acids is 1. The number of rotatable bonds is 6. The Hall–Kier alpha value is -2.54. The molecule has 1 fully saturated rings. The highest BCUT2D eigenvalue weighted by Crippen LogP contribution is 2.30. The molecule has 0 spiro atoms. The van der Waals surface area contributed by atoms with E-state index in [0.717, 1.165) is 31.9 Å². The fraction of sp³-hybridized carbons (Fsp3) is 0.350. The maximum Gasteiger partial charge on any atom is 0.335 e. The topological polar surface area (TPSA) is 89.9 Å². The van der Waals surface area contributed by atoms with Gasteiger partial charge in [-0.3, -0.25) is 0 Å². The predicted molar refractivity (Wildman–Crippen MR) is 101 cm³/mol. The summed E-state index contributed by atoms with van der Waals surface area (Å²) in [5.41, 5.74) is 0.0751. The first kappa shape index (κ1) is 19.2. The van der Waals surface area contributed by atoms with Crippen LogP contribution in [0.25, 0.3) is 0 Å². The molecule has 0 atom stereocenters. The van der Waals surface area contributed by atoms with Gasteiger partial charge in [-0.05, 0) is 62.1 Å². The summed E-state index contributed by atoms with van der Waals surface area (Å²) >= 11 is 0. The van der Waals surface area contributed by atoms with Gasteiger partial charge >= 0.3 is 5.97 Å². The van der Waals surface area contributed by atoms with Crippen LogP contribution in [0.15, 0.2) is 47.4 Å². The second-order valence-electron chi connectivity index (χ2n) is 6.72. The first-order chi connectivity index (χ1) is 12.8. The van der Waals surface area contributed by atoms with E-state index in [1.165, 1.54) is 42.8 Å².